The number of halogens is 2. The molecule has 1 aromatic heterocycles. The highest BCUT2D eigenvalue weighted by atomic mass is 35.5. The molecule has 12 nitrogen and oxygen atoms in total. The van der Waals surface area contributed by atoms with Crippen LogP contribution < -0.4 is 10.9 Å². The molecule has 1 unspecified atom stereocenters. The zero-order valence-electron chi connectivity index (χ0n) is 19.0. The van der Waals surface area contributed by atoms with Crippen molar-refractivity contribution in [1.29, 1.82) is 0 Å². The molecule has 0 bridgehead atoms. The van der Waals surface area contributed by atoms with Crippen LogP contribution in [0.5, 0.6) is 0 Å². The first-order valence-corrected chi connectivity index (χ1v) is 11.4. The number of hydrogen-bond donors (Lipinski definition) is 2. The summed E-state index contributed by atoms with van der Waals surface area (Å²) in [6, 6.07) is 8.26. The Balaban J connectivity index is 0.000000225. The first-order valence-electron chi connectivity index (χ1n) is 10.7. The van der Waals surface area contributed by atoms with Crippen molar-refractivity contribution in [2.45, 2.75) is 18.8 Å². The number of ketones is 1. The summed E-state index contributed by atoms with van der Waals surface area (Å²) in [6.07, 6.45) is 1.44. The molecule has 0 amide bonds. The van der Waals surface area contributed by atoms with E-state index in [9.17, 15) is 34.6 Å². The third-order valence-corrected chi connectivity index (χ3v) is 6.62. The molecule has 1 atom stereocenters. The molecule has 0 radical (unpaired) electrons. The summed E-state index contributed by atoms with van der Waals surface area (Å²) in [5.74, 6) is -0.137. The quantitative estimate of drug-likeness (QED) is 0.273. The standard InChI is InChI=1S/C16H13ClN4O4.C7H4ClNO3/c1-20-15-14(16(23)19-20)12(13-9(18-15)4-5-11(13)22)7-2-3-8(17)10(6-7)21(24)25;8-6-2-1-5(4-10)3-7(6)9(11)12/h2-3,6,12,18H,4-5H2,1H3,(H,19,23);1-4H. The zero-order valence-corrected chi connectivity index (χ0v) is 20.5. The highest BCUT2D eigenvalue weighted by molar-refractivity contribution is 6.33. The molecule has 5 rings (SSSR count). The molecule has 1 aliphatic carbocycles. The second-order valence-corrected chi connectivity index (χ2v) is 9.00. The Morgan fingerprint density at radius 1 is 1.00 bits per heavy atom. The molecule has 0 fully saturated rings. The van der Waals surface area contributed by atoms with Crippen LogP contribution in [-0.2, 0) is 11.8 Å². The number of allylic oxidation sites excluding steroid dienone is 2. The van der Waals surface area contributed by atoms with E-state index < -0.39 is 15.8 Å². The number of fused-ring (bicyclic) bond motifs is 1. The fourth-order valence-corrected chi connectivity index (χ4v) is 4.70. The maximum absolute atomic E-state index is 12.4. The van der Waals surface area contributed by atoms with E-state index in [1.807, 2.05) is 0 Å². The van der Waals surface area contributed by atoms with Gasteiger partial charge in [-0.25, -0.2) is 0 Å². The lowest BCUT2D eigenvalue weighted by Crippen LogP contribution is -2.23. The topological polar surface area (TPSA) is 170 Å². The van der Waals surface area contributed by atoms with Gasteiger partial charge in [-0.05, 0) is 30.2 Å². The molecule has 0 saturated heterocycles. The molecule has 190 valence electrons. The van der Waals surface area contributed by atoms with Gasteiger partial charge < -0.3 is 5.32 Å². The molecule has 2 N–H and O–H groups in total. The SMILES string of the molecule is Cn1[nH]c(=O)c2c1NC1=C(C(=O)CC1)C2c1ccc(Cl)c([N+](=O)[O-])c1.O=Cc1ccc(Cl)c([N+](=O)[O-])c1. The van der Waals surface area contributed by atoms with E-state index in [0.29, 0.717) is 41.6 Å². The molecule has 1 aliphatic heterocycles. The first-order chi connectivity index (χ1) is 17.5. The summed E-state index contributed by atoms with van der Waals surface area (Å²) in [4.78, 5) is 55.4. The van der Waals surface area contributed by atoms with Crippen LogP contribution in [0.2, 0.25) is 10.0 Å². The predicted molar refractivity (Wildman–Crippen MR) is 134 cm³/mol. The highest BCUT2D eigenvalue weighted by Gasteiger charge is 2.40. The van der Waals surface area contributed by atoms with Gasteiger partial charge in [-0.15, -0.1) is 0 Å². The smallest absolute Gasteiger partial charge is 0.288 e. The van der Waals surface area contributed by atoms with Gasteiger partial charge >= 0.3 is 0 Å². The van der Waals surface area contributed by atoms with Crippen LogP contribution in [-0.4, -0.2) is 31.7 Å². The van der Waals surface area contributed by atoms with Crippen molar-refractivity contribution >= 4 is 52.5 Å². The van der Waals surface area contributed by atoms with Gasteiger partial charge in [0.15, 0.2) is 5.78 Å². The summed E-state index contributed by atoms with van der Waals surface area (Å²) >= 11 is 11.4. The number of Topliss-reactive ketones (excluding diaryl/α,β-unsaturated/α-hetero) is 1. The highest BCUT2D eigenvalue weighted by Crippen LogP contribution is 2.45. The second-order valence-electron chi connectivity index (χ2n) is 8.19. The Kier molecular flexibility index (Phi) is 6.96. The van der Waals surface area contributed by atoms with Gasteiger partial charge in [0.2, 0.25) is 0 Å². The first kappa shape index (κ1) is 25.8. The second kappa shape index (κ2) is 9.99. The van der Waals surface area contributed by atoms with Crippen molar-refractivity contribution in [2.75, 3.05) is 5.32 Å². The lowest BCUT2D eigenvalue weighted by molar-refractivity contribution is -0.384. The Hall–Kier alpha value is -4.29. The third kappa shape index (κ3) is 4.76. The van der Waals surface area contributed by atoms with Gasteiger partial charge in [-0.3, -0.25) is 44.4 Å². The maximum Gasteiger partial charge on any atom is 0.288 e. The fraction of sp³-hybridized carbons (Fsp3) is 0.174. The van der Waals surface area contributed by atoms with Gasteiger partial charge in [-0.1, -0.05) is 29.3 Å². The van der Waals surface area contributed by atoms with Gasteiger partial charge in [0.1, 0.15) is 22.1 Å². The Morgan fingerprint density at radius 3 is 2.24 bits per heavy atom. The van der Waals surface area contributed by atoms with E-state index in [1.165, 1.54) is 24.3 Å². The minimum atomic E-state index is -0.651. The number of aldehydes is 1. The Bertz CT molecular complexity index is 1570. The van der Waals surface area contributed by atoms with Crippen molar-refractivity contribution in [1.82, 2.24) is 9.78 Å². The molecule has 37 heavy (non-hydrogen) atoms. The minimum Gasteiger partial charge on any atom is -0.343 e. The van der Waals surface area contributed by atoms with E-state index >= 15 is 0 Å². The summed E-state index contributed by atoms with van der Waals surface area (Å²) in [5, 5.41) is 27.4. The van der Waals surface area contributed by atoms with Crippen LogP contribution in [0.1, 0.15) is 40.2 Å². The normalized spacial score (nSPS) is 15.8. The lowest BCUT2D eigenvalue weighted by atomic mass is 9.82. The third-order valence-electron chi connectivity index (χ3n) is 5.98. The van der Waals surface area contributed by atoms with Crippen molar-refractivity contribution in [3.63, 3.8) is 0 Å². The van der Waals surface area contributed by atoms with Crippen LogP contribution in [0.15, 0.2) is 52.5 Å². The number of carbonyl (C=O) groups is 2. The van der Waals surface area contributed by atoms with E-state index in [1.54, 1.807) is 17.8 Å². The summed E-state index contributed by atoms with van der Waals surface area (Å²) in [7, 11) is 1.69. The number of carbonyl (C=O) groups excluding carboxylic acids is 2. The monoisotopic (exact) mass is 545 g/mol. The average Bonchev–Trinajstić information content (AvgIpc) is 3.37. The van der Waals surface area contributed by atoms with E-state index in [0.717, 1.165) is 11.8 Å². The maximum atomic E-state index is 12.4. The number of H-pyrrole nitrogens is 1. The van der Waals surface area contributed by atoms with E-state index in [4.69, 9.17) is 23.2 Å². The number of aromatic amines is 1. The van der Waals surface area contributed by atoms with Crippen LogP contribution >= 0.6 is 23.2 Å². The van der Waals surface area contributed by atoms with Gasteiger partial charge in [0.05, 0.1) is 15.4 Å². The lowest BCUT2D eigenvalue weighted by Gasteiger charge is -2.25. The molecule has 0 spiro atoms. The van der Waals surface area contributed by atoms with Crippen molar-refractivity contribution < 1.29 is 19.4 Å². The number of nitrogens with one attached hydrogen (secondary N) is 2. The molecule has 3 aromatic rings. The van der Waals surface area contributed by atoms with Crippen LogP contribution in [0, 0.1) is 20.2 Å². The number of rotatable bonds is 4. The Labute approximate surface area is 217 Å². The molecule has 2 aromatic carbocycles. The van der Waals surface area contributed by atoms with Crippen LogP contribution in [0.4, 0.5) is 17.2 Å². The van der Waals surface area contributed by atoms with Crippen molar-refractivity contribution in [2.24, 2.45) is 7.05 Å². The molecule has 0 saturated carbocycles. The molecule has 14 heteroatoms. The van der Waals surface area contributed by atoms with Gasteiger partial charge in [0.25, 0.3) is 16.9 Å². The number of aryl methyl sites for hydroxylation is 1. The summed E-state index contributed by atoms with van der Waals surface area (Å²) in [5.41, 5.74) is 1.55. The van der Waals surface area contributed by atoms with E-state index in [-0.39, 0.29) is 38.3 Å². The minimum absolute atomic E-state index is 0.0110. The largest absolute Gasteiger partial charge is 0.343 e. The number of nitro benzene ring substituents is 2. The number of benzene rings is 2. The predicted octanol–water partition coefficient (Wildman–Crippen LogP) is 4.51. The number of anilines is 1. The molecule has 2 aliphatic rings. The zero-order chi connectivity index (χ0) is 27.0. The molecular formula is C23H17Cl2N5O7. The van der Waals surface area contributed by atoms with E-state index in [2.05, 4.69) is 10.4 Å². The fourth-order valence-electron chi connectivity index (χ4n) is 4.33. The van der Waals surface area contributed by atoms with Crippen LogP contribution in [0.25, 0.3) is 0 Å². The summed E-state index contributed by atoms with van der Waals surface area (Å²) < 4.78 is 1.56. The number of nitrogens with zero attached hydrogens (tertiary/aromatic N) is 3. The molecular weight excluding hydrogens is 529 g/mol. The molecule has 2 heterocycles. The number of hydrogen-bond acceptors (Lipinski definition) is 8. The van der Waals surface area contributed by atoms with Crippen molar-refractivity contribution in [3.05, 3.63) is 105 Å². The Morgan fingerprint density at radius 2 is 1.62 bits per heavy atom. The average molecular weight is 546 g/mol. The van der Waals surface area contributed by atoms with Crippen LogP contribution in [0.3, 0.4) is 0 Å². The van der Waals surface area contributed by atoms with Crippen molar-refractivity contribution in [3.8, 4) is 0 Å². The summed E-state index contributed by atoms with van der Waals surface area (Å²) in [6.45, 7) is 0. The van der Waals surface area contributed by atoms with Gasteiger partial charge in [-0.2, -0.15) is 0 Å². The number of nitro groups is 2. The van der Waals surface area contributed by atoms with Gasteiger partial charge in [0, 0.05) is 48.4 Å². The number of aromatic nitrogens is 2.